The van der Waals surface area contributed by atoms with E-state index in [2.05, 4.69) is 12.2 Å². The second-order valence-corrected chi connectivity index (χ2v) is 5.82. The largest absolute Gasteiger partial charge is 0.313 e. The van der Waals surface area contributed by atoms with Crippen LogP contribution in [0, 0.1) is 11.6 Å². The molecular weight excluding hydrogens is 266 g/mol. The Morgan fingerprint density at radius 2 is 1.84 bits per heavy atom. The fraction of sp³-hybridized carbons (Fsp3) is 0.571. The van der Waals surface area contributed by atoms with Gasteiger partial charge in [-0.2, -0.15) is 0 Å². The van der Waals surface area contributed by atoms with Crippen molar-refractivity contribution in [2.24, 2.45) is 0 Å². The predicted molar refractivity (Wildman–Crippen MR) is 77.6 cm³/mol. The molecule has 0 radical (unpaired) electrons. The van der Waals surface area contributed by atoms with Crippen LogP contribution in [0.3, 0.4) is 0 Å². The summed E-state index contributed by atoms with van der Waals surface area (Å²) in [5, 5.41) is 3.14. The number of rotatable bonds is 8. The number of halogens is 2. The lowest BCUT2D eigenvalue weighted by Gasteiger charge is -2.11. The highest BCUT2D eigenvalue weighted by atomic mass is 32.2. The van der Waals surface area contributed by atoms with Crippen molar-refractivity contribution in [3.05, 3.63) is 29.3 Å². The van der Waals surface area contributed by atoms with Gasteiger partial charge >= 0.3 is 0 Å². The third-order valence-corrected chi connectivity index (χ3v) is 3.66. The van der Waals surface area contributed by atoms with Crippen molar-refractivity contribution in [2.75, 3.05) is 32.9 Å². The fourth-order valence-corrected chi connectivity index (χ4v) is 2.65. The van der Waals surface area contributed by atoms with Crippen molar-refractivity contribution in [3.63, 3.8) is 0 Å². The second kappa shape index (κ2) is 8.51. The number of nitrogens with zero attached hydrogens (tertiary/aromatic N) is 1. The second-order valence-electron chi connectivity index (χ2n) is 4.72. The maximum atomic E-state index is 13.8. The van der Waals surface area contributed by atoms with Crippen LogP contribution in [0.4, 0.5) is 8.78 Å². The summed E-state index contributed by atoms with van der Waals surface area (Å²) in [5.74, 6) is -0.247. The molecule has 0 heterocycles. The predicted octanol–water partition coefficient (Wildman–Crippen LogP) is 3.12. The highest BCUT2D eigenvalue weighted by molar-refractivity contribution is 7.99. The quantitative estimate of drug-likeness (QED) is 0.584. The standard InChI is InChI=1S/C14H22F2N2S/c1-4-5-17-10-11-8-12(15)14(13(16)9-11)19-7-6-18(2)3/h8-9,17H,4-7,10H2,1-3H3. The van der Waals surface area contributed by atoms with Gasteiger partial charge in [0, 0.05) is 18.8 Å². The molecule has 0 amide bonds. The van der Waals surface area contributed by atoms with E-state index in [4.69, 9.17) is 0 Å². The van der Waals surface area contributed by atoms with Crippen molar-refractivity contribution in [2.45, 2.75) is 24.8 Å². The molecule has 1 rings (SSSR count). The van der Waals surface area contributed by atoms with Crippen molar-refractivity contribution in [3.8, 4) is 0 Å². The van der Waals surface area contributed by atoms with Gasteiger partial charge in [-0.15, -0.1) is 11.8 Å². The van der Waals surface area contributed by atoms with E-state index in [9.17, 15) is 8.78 Å². The average molecular weight is 288 g/mol. The van der Waals surface area contributed by atoms with Crippen LogP contribution >= 0.6 is 11.8 Å². The van der Waals surface area contributed by atoms with Crippen LogP contribution in [0.1, 0.15) is 18.9 Å². The number of hydrogen-bond acceptors (Lipinski definition) is 3. The molecule has 19 heavy (non-hydrogen) atoms. The summed E-state index contributed by atoms with van der Waals surface area (Å²) in [6.45, 7) is 4.20. The summed E-state index contributed by atoms with van der Waals surface area (Å²) in [7, 11) is 3.88. The molecule has 108 valence electrons. The molecule has 0 saturated carbocycles. The Hall–Kier alpha value is -0.650. The Balaban J connectivity index is 2.63. The Kier molecular flexibility index (Phi) is 7.34. The van der Waals surface area contributed by atoms with E-state index in [1.807, 2.05) is 19.0 Å². The lowest BCUT2D eigenvalue weighted by molar-refractivity contribution is 0.437. The molecule has 0 atom stereocenters. The molecule has 2 nitrogen and oxygen atoms in total. The first-order valence-electron chi connectivity index (χ1n) is 6.50. The zero-order chi connectivity index (χ0) is 14.3. The molecule has 0 aromatic heterocycles. The van der Waals surface area contributed by atoms with Crippen LogP contribution in [-0.2, 0) is 6.54 Å². The minimum absolute atomic E-state index is 0.126. The van der Waals surface area contributed by atoms with Crippen molar-refractivity contribution >= 4 is 11.8 Å². The van der Waals surface area contributed by atoms with Gasteiger partial charge < -0.3 is 10.2 Å². The summed E-state index contributed by atoms with van der Waals surface area (Å²) in [6, 6.07) is 2.84. The number of nitrogens with one attached hydrogen (secondary N) is 1. The SMILES string of the molecule is CCCNCc1cc(F)c(SCCN(C)C)c(F)c1. The van der Waals surface area contributed by atoms with Crippen LogP contribution in [0.2, 0.25) is 0 Å². The smallest absolute Gasteiger partial charge is 0.140 e. The molecule has 1 aromatic carbocycles. The van der Waals surface area contributed by atoms with Crippen molar-refractivity contribution < 1.29 is 8.78 Å². The first kappa shape index (κ1) is 16.4. The van der Waals surface area contributed by atoms with E-state index in [1.165, 1.54) is 23.9 Å². The van der Waals surface area contributed by atoms with E-state index < -0.39 is 11.6 Å². The molecule has 0 fully saturated rings. The van der Waals surface area contributed by atoms with Crippen LogP contribution in [0.15, 0.2) is 17.0 Å². The van der Waals surface area contributed by atoms with Gasteiger partial charge in [-0.25, -0.2) is 8.78 Å². The highest BCUT2D eigenvalue weighted by Crippen LogP contribution is 2.26. The Labute approximate surface area is 118 Å². The Morgan fingerprint density at radius 3 is 2.37 bits per heavy atom. The van der Waals surface area contributed by atoms with E-state index in [1.54, 1.807) is 0 Å². The number of thioether (sulfide) groups is 1. The van der Waals surface area contributed by atoms with E-state index >= 15 is 0 Å². The maximum absolute atomic E-state index is 13.8. The maximum Gasteiger partial charge on any atom is 0.140 e. The first-order valence-corrected chi connectivity index (χ1v) is 7.49. The summed E-state index contributed by atoms with van der Waals surface area (Å²) in [6.07, 6.45) is 1.00. The van der Waals surface area contributed by atoms with Gasteiger partial charge in [-0.05, 0) is 44.8 Å². The summed E-state index contributed by atoms with van der Waals surface area (Å²) in [4.78, 5) is 2.12. The van der Waals surface area contributed by atoms with Gasteiger partial charge in [-0.1, -0.05) is 6.92 Å². The molecule has 0 aliphatic carbocycles. The normalized spacial score (nSPS) is 11.3. The zero-order valence-corrected chi connectivity index (χ0v) is 12.6. The zero-order valence-electron chi connectivity index (χ0n) is 11.8. The van der Waals surface area contributed by atoms with Crippen molar-refractivity contribution in [1.82, 2.24) is 10.2 Å². The fourth-order valence-electron chi connectivity index (χ4n) is 1.59. The first-order chi connectivity index (χ1) is 9.04. The van der Waals surface area contributed by atoms with E-state index in [-0.39, 0.29) is 4.90 Å². The molecule has 0 saturated heterocycles. The van der Waals surface area contributed by atoms with Crippen LogP contribution < -0.4 is 5.32 Å². The molecule has 0 unspecified atom stereocenters. The van der Waals surface area contributed by atoms with Gasteiger partial charge in [0.25, 0.3) is 0 Å². The summed E-state index contributed by atoms with van der Waals surface area (Å²) < 4.78 is 27.7. The van der Waals surface area contributed by atoms with Gasteiger partial charge in [0.05, 0.1) is 4.90 Å². The molecule has 0 bridgehead atoms. The molecule has 0 aliphatic rings. The molecule has 0 spiro atoms. The third kappa shape index (κ3) is 5.89. The lowest BCUT2D eigenvalue weighted by atomic mass is 10.2. The van der Waals surface area contributed by atoms with Gasteiger partial charge in [0.15, 0.2) is 0 Å². The number of benzene rings is 1. The van der Waals surface area contributed by atoms with E-state index in [0.717, 1.165) is 19.5 Å². The molecule has 1 aromatic rings. The topological polar surface area (TPSA) is 15.3 Å². The average Bonchev–Trinajstić information content (AvgIpc) is 2.32. The minimum Gasteiger partial charge on any atom is -0.313 e. The number of hydrogen-bond donors (Lipinski definition) is 1. The monoisotopic (exact) mass is 288 g/mol. The Bertz CT molecular complexity index is 374. The molecular formula is C14H22F2N2S. The van der Waals surface area contributed by atoms with Crippen LogP contribution in [0.25, 0.3) is 0 Å². The third-order valence-electron chi connectivity index (χ3n) is 2.60. The highest BCUT2D eigenvalue weighted by Gasteiger charge is 2.11. The lowest BCUT2D eigenvalue weighted by Crippen LogP contribution is -2.15. The van der Waals surface area contributed by atoms with Crippen LogP contribution in [0.5, 0.6) is 0 Å². The summed E-state index contributed by atoms with van der Waals surface area (Å²) in [5.41, 5.74) is 0.653. The van der Waals surface area contributed by atoms with Crippen LogP contribution in [-0.4, -0.2) is 37.8 Å². The molecule has 0 aliphatic heterocycles. The summed E-state index contributed by atoms with van der Waals surface area (Å²) >= 11 is 1.23. The Morgan fingerprint density at radius 1 is 1.21 bits per heavy atom. The van der Waals surface area contributed by atoms with Gasteiger partial charge in [0.1, 0.15) is 11.6 Å². The molecule has 5 heteroatoms. The van der Waals surface area contributed by atoms with E-state index in [0.29, 0.717) is 17.9 Å². The minimum atomic E-state index is -0.461. The van der Waals surface area contributed by atoms with Gasteiger partial charge in [0.2, 0.25) is 0 Å². The molecule has 1 N–H and O–H groups in total. The van der Waals surface area contributed by atoms with Crippen molar-refractivity contribution in [1.29, 1.82) is 0 Å². The van der Waals surface area contributed by atoms with Gasteiger partial charge in [-0.3, -0.25) is 0 Å².